The Labute approximate surface area is 128 Å². The summed E-state index contributed by atoms with van der Waals surface area (Å²) in [5.74, 6) is 0. The van der Waals surface area contributed by atoms with Crippen molar-refractivity contribution < 1.29 is 0 Å². The van der Waals surface area contributed by atoms with Crippen molar-refractivity contribution in [3.8, 4) is 0 Å². The summed E-state index contributed by atoms with van der Waals surface area (Å²) in [7, 11) is 2.22. The molecule has 0 atom stereocenters. The minimum absolute atomic E-state index is 0.774. The van der Waals surface area contributed by atoms with E-state index in [1.807, 2.05) is 6.07 Å². The smallest absolute Gasteiger partial charge is 0.0416 e. The van der Waals surface area contributed by atoms with Gasteiger partial charge >= 0.3 is 0 Å². The predicted molar refractivity (Wildman–Crippen MR) is 89.9 cm³/mol. The van der Waals surface area contributed by atoms with Gasteiger partial charge in [0, 0.05) is 56.7 Å². The van der Waals surface area contributed by atoms with Crippen LogP contribution in [0.5, 0.6) is 0 Å². The lowest BCUT2D eigenvalue weighted by Gasteiger charge is -2.43. The fourth-order valence-electron chi connectivity index (χ4n) is 3.63. The first kappa shape index (κ1) is 14.7. The number of piperidine rings is 1. The summed E-state index contributed by atoms with van der Waals surface area (Å²) in [5.41, 5.74) is 9.49. The fourth-order valence-corrected chi connectivity index (χ4v) is 3.63. The molecule has 1 aromatic carbocycles. The molecule has 0 saturated carbocycles. The lowest BCUT2D eigenvalue weighted by atomic mass is 10.0. The molecule has 1 aromatic rings. The molecule has 0 unspecified atom stereocenters. The Kier molecular flexibility index (Phi) is 4.36. The second-order valence-corrected chi connectivity index (χ2v) is 6.60. The number of rotatable bonds is 2. The van der Waals surface area contributed by atoms with Crippen molar-refractivity contribution >= 4 is 11.4 Å². The lowest BCUT2D eigenvalue weighted by molar-refractivity contribution is 0.0982. The van der Waals surface area contributed by atoms with Crippen LogP contribution in [0, 0.1) is 6.92 Å². The number of aryl methyl sites for hydroxylation is 1. The molecule has 21 heavy (non-hydrogen) atoms. The Hall–Kier alpha value is -1.26. The van der Waals surface area contributed by atoms with E-state index in [0.717, 1.165) is 24.8 Å². The Morgan fingerprint density at radius 3 is 2.33 bits per heavy atom. The van der Waals surface area contributed by atoms with Crippen molar-refractivity contribution in [3.05, 3.63) is 23.8 Å². The highest BCUT2D eigenvalue weighted by Crippen LogP contribution is 2.27. The van der Waals surface area contributed by atoms with Crippen molar-refractivity contribution in [3.63, 3.8) is 0 Å². The van der Waals surface area contributed by atoms with Gasteiger partial charge in [-0.25, -0.2) is 0 Å². The maximum Gasteiger partial charge on any atom is 0.0416 e. The van der Waals surface area contributed by atoms with Crippen LogP contribution >= 0.6 is 0 Å². The van der Waals surface area contributed by atoms with E-state index in [9.17, 15) is 0 Å². The molecular formula is C17H28N4. The number of hydrogen-bond acceptors (Lipinski definition) is 4. The first-order chi connectivity index (χ1) is 10.1. The normalized spacial score (nSPS) is 22.7. The zero-order chi connectivity index (χ0) is 14.8. The van der Waals surface area contributed by atoms with Gasteiger partial charge < -0.3 is 15.5 Å². The summed E-state index contributed by atoms with van der Waals surface area (Å²) in [6.45, 7) is 9.39. The van der Waals surface area contributed by atoms with Crippen molar-refractivity contribution in [2.45, 2.75) is 25.8 Å². The zero-order valence-electron chi connectivity index (χ0n) is 13.4. The summed E-state index contributed by atoms with van der Waals surface area (Å²) in [5, 5.41) is 0. The second-order valence-electron chi connectivity index (χ2n) is 6.60. The molecule has 0 aromatic heterocycles. The van der Waals surface area contributed by atoms with E-state index < -0.39 is 0 Å². The van der Waals surface area contributed by atoms with Gasteiger partial charge in [-0.15, -0.1) is 0 Å². The summed E-state index contributed by atoms with van der Waals surface area (Å²) >= 11 is 0. The number of anilines is 2. The molecule has 4 nitrogen and oxygen atoms in total. The molecule has 0 amide bonds. The minimum atomic E-state index is 0.774. The molecule has 2 aliphatic heterocycles. The first-order valence-corrected chi connectivity index (χ1v) is 8.17. The van der Waals surface area contributed by atoms with Gasteiger partial charge in [-0.3, -0.25) is 4.90 Å². The number of nitrogens with zero attached hydrogens (tertiary/aromatic N) is 3. The first-order valence-electron chi connectivity index (χ1n) is 8.17. The van der Waals surface area contributed by atoms with Crippen LogP contribution in [0.3, 0.4) is 0 Å². The van der Waals surface area contributed by atoms with Gasteiger partial charge in [-0.1, -0.05) is 6.07 Å². The Morgan fingerprint density at radius 1 is 1.00 bits per heavy atom. The van der Waals surface area contributed by atoms with Gasteiger partial charge in [0.05, 0.1) is 0 Å². The van der Waals surface area contributed by atoms with Crippen LogP contribution < -0.4 is 10.6 Å². The van der Waals surface area contributed by atoms with Crippen molar-refractivity contribution in [1.82, 2.24) is 9.80 Å². The zero-order valence-corrected chi connectivity index (χ0v) is 13.4. The van der Waals surface area contributed by atoms with Crippen LogP contribution in [0.15, 0.2) is 18.2 Å². The number of likely N-dealkylation sites (N-methyl/N-ethyl adjacent to an activating group) is 1. The van der Waals surface area contributed by atoms with Crippen LogP contribution in [-0.2, 0) is 0 Å². The van der Waals surface area contributed by atoms with Crippen molar-refractivity contribution in [2.24, 2.45) is 0 Å². The summed E-state index contributed by atoms with van der Waals surface area (Å²) in [4.78, 5) is 7.64. The molecule has 2 fully saturated rings. The molecule has 116 valence electrons. The Balaban J connectivity index is 1.59. The molecule has 4 heteroatoms. The standard InChI is InChI=1S/C17H28N4/c1-14-3-4-15(18)13-17(14)21-7-5-16(6-8-21)20-11-9-19(2)10-12-20/h3-4,13,16H,5-12,18H2,1-2H3. The molecule has 2 saturated heterocycles. The molecule has 0 radical (unpaired) electrons. The SMILES string of the molecule is Cc1ccc(N)cc1N1CCC(N2CCN(C)CC2)CC1. The molecule has 0 aliphatic carbocycles. The average Bonchev–Trinajstić information content (AvgIpc) is 2.51. The van der Waals surface area contributed by atoms with E-state index in [1.165, 1.54) is 50.3 Å². The Morgan fingerprint density at radius 2 is 1.67 bits per heavy atom. The highest BCUT2D eigenvalue weighted by Gasteiger charge is 2.27. The summed E-state index contributed by atoms with van der Waals surface area (Å²) < 4.78 is 0. The van der Waals surface area contributed by atoms with E-state index >= 15 is 0 Å². The van der Waals surface area contributed by atoms with Crippen LogP contribution in [0.25, 0.3) is 0 Å². The predicted octanol–water partition coefficient (Wildman–Crippen LogP) is 1.79. The molecule has 2 aliphatic rings. The van der Waals surface area contributed by atoms with Gasteiger partial charge in [-0.2, -0.15) is 0 Å². The number of piperazine rings is 1. The molecule has 2 heterocycles. The third kappa shape index (κ3) is 3.33. The lowest BCUT2D eigenvalue weighted by Crippen LogP contribution is -2.52. The van der Waals surface area contributed by atoms with Gasteiger partial charge in [0.1, 0.15) is 0 Å². The van der Waals surface area contributed by atoms with Crippen LogP contribution in [-0.4, -0.2) is 62.2 Å². The highest BCUT2D eigenvalue weighted by molar-refractivity contribution is 5.61. The minimum Gasteiger partial charge on any atom is -0.399 e. The monoisotopic (exact) mass is 288 g/mol. The molecular weight excluding hydrogens is 260 g/mol. The second kappa shape index (κ2) is 6.24. The highest BCUT2D eigenvalue weighted by atomic mass is 15.3. The van der Waals surface area contributed by atoms with Crippen LogP contribution in [0.1, 0.15) is 18.4 Å². The molecule has 3 rings (SSSR count). The number of nitrogens with two attached hydrogens (primary N) is 1. The van der Waals surface area contributed by atoms with E-state index in [0.29, 0.717) is 0 Å². The summed E-state index contributed by atoms with van der Waals surface area (Å²) in [6.07, 6.45) is 2.55. The number of benzene rings is 1. The molecule has 0 bridgehead atoms. The van der Waals surface area contributed by atoms with Crippen molar-refractivity contribution in [2.75, 3.05) is 56.9 Å². The third-order valence-electron chi connectivity index (χ3n) is 5.09. The van der Waals surface area contributed by atoms with Gasteiger partial charge in [0.2, 0.25) is 0 Å². The summed E-state index contributed by atoms with van der Waals surface area (Å²) in [6, 6.07) is 7.04. The van der Waals surface area contributed by atoms with E-state index in [1.54, 1.807) is 0 Å². The van der Waals surface area contributed by atoms with E-state index in [-0.39, 0.29) is 0 Å². The molecule has 2 N–H and O–H groups in total. The topological polar surface area (TPSA) is 35.7 Å². The number of hydrogen-bond donors (Lipinski definition) is 1. The van der Waals surface area contributed by atoms with E-state index in [4.69, 9.17) is 5.73 Å². The van der Waals surface area contributed by atoms with Crippen molar-refractivity contribution in [1.29, 1.82) is 0 Å². The quantitative estimate of drug-likeness (QED) is 0.842. The maximum absolute atomic E-state index is 5.95. The van der Waals surface area contributed by atoms with Crippen LogP contribution in [0.2, 0.25) is 0 Å². The van der Waals surface area contributed by atoms with Crippen LogP contribution in [0.4, 0.5) is 11.4 Å². The fraction of sp³-hybridized carbons (Fsp3) is 0.647. The number of nitrogen functional groups attached to an aromatic ring is 1. The maximum atomic E-state index is 5.95. The van der Waals surface area contributed by atoms with Gasteiger partial charge in [-0.05, 0) is 44.5 Å². The molecule has 0 spiro atoms. The average molecular weight is 288 g/mol. The third-order valence-corrected chi connectivity index (χ3v) is 5.09. The van der Waals surface area contributed by atoms with E-state index in [2.05, 4.69) is 40.8 Å². The van der Waals surface area contributed by atoms with Gasteiger partial charge in [0.15, 0.2) is 0 Å². The van der Waals surface area contributed by atoms with Gasteiger partial charge in [0.25, 0.3) is 0 Å². The Bertz CT molecular complexity index is 472. The largest absolute Gasteiger partial charge is 0.399 e.